The summed E-state index contributed by atoms with van der Waals surface area (Å²) < 4.78 is 0. The highest BCUT2D eigenvalue weighted by atomic mass is 15.1. The summed E-state index contributed by atoms with van der Waals surface area (Å²) in [6.07, 6.45) is 8.03. The van der Waals surface area contributed by atoms with Gasteiger partial charge < -0.3 is 9.80 Å². The van der Waals surface area contributed by atoms with Crippen LogP contribution in [0.25, 0.3) is 65.3 Å². The van der Waals surface area contributed by atoms with Crippen LogP contribution in [0, 0.1) is 0 Å². The zero-order valence-electron chi connectivity index (χ0n) is 36.5. The monoisotopic (exact) mass is 842 g/mol. The molecule has 0 aliphatic heterocycles. The second kappa shape index (κ2) is 16.9. The maximum Gasteiger partial charge on any atom is 0.0468 e. The Bertz CT molecular complexity index is 3490. The van der Waals surface area contributed by atoms with Crippen molar-refractivity contribution >= 4 is 71.5 Å². The summed E-state index contributed by atoms with van der Waals surface area (Å²) in [7, 11) is 0. The van der Waals surface area contributed by atoms with E-state index in [1.807, 2.05) is 0 Å². The van der Waals surface area contributed by atoms with Crippen molar-refractivity contribution in [2.45, 2.75) is 12.3 Å². The number of hydrogen-bond acceptors (Lipinski definition) is 2. The van der Waals surface area contributed by atoms with Gasteiger partial charge in [0.05, 0.1) is 0 Å². The van der Waals surface area contributed by atoms with Crippen LogP contribution in [-0.4, -0.2) is 0 Å². The minimum atomic E-state index is 0.271. The van der Waals surface area contributed by atoms with Gasteiger partial charge in [0.15, 0.2) is 0 Å². The first-order chi connectivity index (χ1) is 32.7. The van der Waals surface area contributed by atoms with Crippen molar-refractivity contribution in [3.05, 3.63) is 272 Å². The molecule has 0 saturated carbocycles. The number of nitrogens with zero attached hydrogens (tertiary/aromatic N) is 2. The molecule has 0 heterocycles. The summed E-state index contributed by atoms with van der Waals surface area (Å²) in [4.78, 5) is 4.78. The van der Waals surface area contributed by atoms with E-state index in [-0.39, 0.29) is 5.92 Å². The molecule has 11 aromatic rings. The first-order valence-electron chi connectivity index (χ1n) is 22.9. The van der Waals surface area contributed by atoms with Crippen molar-refractivity contribution in [1.82, 2.24) is 0 Å². The lowest BCUT2D eigenvalue weighted by molar-refractivity contribution is 0.840. The molecule has 1 aliphatic rings. The van der Waals surface area contributed by atoms with Crippen LogP contribution in [0.4, 0.5) is 28.4 Å². The Morgan fingerprint density at radius 1 is 0.288 bits per heavy atom. The third-order valence-electron chi connectivity index (χ3n) is 13.3. The molecule has 0 amide bonds. The molecule has 66 heavy (non-hydrogen) atoms. The van der Waals surface area contributed by atoms with Crippen molar-refractivity contribution in [2.24, 2.45) is 0 Å². The van der Waals surface area contributed by atoms with Crippen molar-refractivity contribution < 1.29 is 0 Å². The van der Waals surface area contributed by atoms with Gasteiger partial charge in [-0.05, 0) is 150 Å². The van der Waals surface area contributed by atoms with Gasteiger partial charge in [0.1, 0.15) is 0 Å². The predicted octanol–water partition coefficient (Wildman–Crippen LogP) is 17.9. The standard InChI is InChI=1S/C64H46N2/c1-5-15-55-41-61(35-27-45(55)11-1)65(62-36-28-46-12-2-6-16-56(46)42-62)59-31-23-49(24-32-59)51-19-9-21-53(39-51)54-22-10-20-52(40-54)50-25-33-60(34-26-50)66(63-37-29-47-13-3-7-17-57(47)43-63)64-38-30-48-14-4-8-18-58(48)44-64/h1-25,27-44,50H,26H2. The van der Waals surface area contributed by atoms with Gasteiger partial charge in [-0.15, -0.1) is 0 Å². The van der Waals surface area contributed by atoms with E-state index in [4.69, 9.17) is 0 Å². The van der Waals surface area contributed by atoms with E-state index in [0.717, 1.165) is 34.9 Å². The highest BCUT2D eigenvalue weighted by molar-refractivity contribution is 5.94. The lowest BCUT2D eigenvalue weighted by Crippen LogP contribution is -2.17. The summed E-state index contributed by atoms with van der Waals surface area (Å²) >= 11 is 0. The molecule has 2 heteroatoms. The van der Waals surface area contributed by atoms with Crippen molar-refractivity contribution in [2.75, 3.05) is 9.80 Å². The summed E-state index contributed by atoms with van der Waals surface area (Å²) in [6, 6.07) is 88.6. The Balaban J connectivity index is 0.822. The van der Waals surface area contributed by atoms with Gasteiger partial charge in [-0.25, -0.2) is 0 Å². The van der Waals surface area contributed by atoms with E-state index < -0.39 is 0 Å². The van der Waals surface area contributed by atoms with Crippen molar-refractivity contribution in [3.63, 3.8) is 0 Å². The molecule has 0 bridgehead atoms. The molecule has 12 rings (SSSR count). The summed E-state index contributed by atoms with van der Waals surface area (Å²) in [5.41, 5.74) is 13.0. The fourth-order valence-corrected chi connectivity index (χ4v) is 9.81. The van der Waals surface area contributed by atoms with E-state index in [1.165, 1.54) is 76.6 Å². The Morgan fingerprint density at radius 2 is 0.682 bits per heavy atom. The molecule has 0 saturated heterocycles. The Labute approximate surface area is 386 Å². The van der Waals surface area contributed by atoms with Crippen LogP contribution >= 0.6 is 0 Å². The zero-order chi connectivity index (χ0) is 43.8. The third kappa shape index (κ3) is 7.59. The van der Waals surface area contributed by atoms with Gasteiger partial charge in [0, 0.05) is 40.1 Å². The van der Waals surface area contributed by atoms with Crippen LogP contribution in [0.2, 0.25) is 0 Å². The first-order valence-corrected chi connectivity index (χ1v) is 22.9. The molecule has 0 N–H and O–H groups in total. The molecule has 0 aromatic heterocycles. The molecule has 2 nitrogen and oxygen atoms in total. The number of hydrogen-bond donors (Lipinski definition) is 0. The fourth-order valence-electron chi connectivity index (χ4n) is 9.81. The smallest absolute Gasteiger partial charge is 0.0468 e. The lowest BCUT2D eigenvalue weighted by atomic mass is 9.89. The highest BCUT2D eigenvalue weighted by Crippen LogP contribution is 2.41. The lowest BCUT2D eigenvalue weighted by Gasteiger charge is -2.29. The minimum absolute atomic E-state index is 0.271. The van der Waals surface area contributed by atoms with E-state index >= 15 is 0 Å². The number of allylic oxidation sites excluding steroid dienone is 3. The van der Waals surface area contributed by atoms with E-state index in [2.05, 4.69) is 271 Å². The molecule has 1 unspecified atom stereocenters. The van der Waals surface area contributed by atoms with Gasteiger partial charge in [-0.2, -0.15) is 0 Å². The average Bonchev–Trinajstić information content (AvgIpc) is 3.39. The normalized spacial score (nSPS) is 13.6. The van der Waals surface area contributed by atoms with Crippen LogP contribution in [0.5, 0.6) is 0 Å². The summed E-state index contributed by atoms with van der Waals surface area (Å²) in [6.45, 7) is 0. The second-order valence-electron chi connectivity index (χ2n) is 17.4. The maximum absolute atomic E-state index is 2.41. The van der Waals surface area contributed by atoms with E-state index in [0.29, 0.717) is 0 Å². The molecule has 0 spiro atoms. The Hall–Kier alpha value is -8.46. The molecule has 1 atom stereocenters. The molecule has 1 aliphatic carbocycles. The molecule has 0 fully saturated rings. The number of anilines is 5. The van der Waals surface area contributed by atoms with E-state index in [9.17, 15) is 0 Å². The van der Waals surface area contributed by atoms with Gasteiger partial charge in [0.25, 0.3) is 0 Å². The van der Waals surface area contributed by atoms with Gasteiger partial charge in [-0.1, -0.05) is 188 Å². The van der Waals surface area contributed by atoms with Crippen molar-refractivity contribution in [1.29, 1.82) is 0 Å². The highest BCUT2D eigenvalue weighted by Gasteiger charge is 2.20. The summed E-state index contributed by atoms with van der Waals surface area (Å²) in [5, 5.41) is 9.87. The zero-order valence-corrected chi connectivity index (χ0v) is 36.5. The quantitative estimate of drug-likeness (QED) is 0.143. The number of rotatable bonds is 9. The fraction of sp³-hybridized carbons (Fsp3) is 0.0312. The summed E-state index contributed by atoms with van der Waals surface area (Å²) in [5.74, 6) is 0.271. The van der Waals surface area contributed by atoms with Gasteiger partial charge in [-0.3, -0.25) is 0 Å². The van der Waals surface area contributed by atoms with Crippen LogP contribution in [0.3, 0.4) is 0 Å². The van der Waals surface area contributed by atoms with Gasteiger partial charge in [0.2, 0.25) is 0 Å². The predicted molar refractivity (Wildman–Crippen MR) is 282 cm³/mol. The minimum Gasteiger partial charge on any atom is -0.311 e. The Morgan fingerprint density at radius 3 is 1.14 bits per heavy atom. The van der Waals surface area contributed by atoms with Crippen LogP contribution in [0.15, 0.2) is 267 Å². The SMILES string of the molecule is C1=CC(c2cccc(-c3cccc(-c4ccc(N(c5ccc6ccccc6c5)c5ccc6ccccc6c5)cc4)c3)c2)CC=C1N(c1ccc2ccccc2c1)c1ccc2ccccc2c1. The second-order valence-corrected chi connectivity index (χ2v) is 17.4. The van der Waals surface area contributed by atoms with Crippen molar-refractivity contribution in [3.8, 4) is 22.3 Å². The number of benzene rings is 11. The van der Waals surface area contributed by atoms with Crippen LogP contribution in [0.1, 0.15) is 17.9 Å². The molecular weight excluding hydrogens is 797 g/mol. The largest absolute Gasteiger partial charge is 0.311 e. The van der Waals surface area contributed by atoms with Crippen LogP contribution in [-0.2, 0) is 0 Å². The first kappa shape index (κ1) is 39.2. The van der Waals surface area contributed by atoms with Gasteiger partial charge >= 0.3 is 0 Å². The maximum atomic E-state index is 2.41. The third-order valence-corrected chi connectivity index (χ3v) is 13.3. The van der Waals surface area contributed by atoms with E-state index in [1.54, 1.807) is 0 Å². The molecule has 11 aromatic carbocycles. The average molecular weight is 843 g/mol. The van der Waals surface area contributed by atoms with Crippen LogP contribution < -0.4 is 9.80 Å². The molecule has 0 radical (unpaired) electrons. The molecular formula is C64H46N2. The number of fused-ring (bicyclic) bond motifs is 4. The molecule has 312 valence electrons. The Kier molecular flexibility index (Phi) is 10.0. The topological polar surface area (TPSA) is 6.48 Å².